The maximum atomic E-state index is 11.5. The van der Waals surface area contributed by atoms with Crippen LogP contribution in [0.1, 0.15) is 0 Å². The van der Waals surface area contributed by atoms with Crippen molar-refractivity contribution in [2.45, 2.75) is 0 Å². The molecule has 0 bridgehead atoms. The van der Waals surface area contributed by atoms with Gasteiger partial charge in [0.2, 0.25) is 0 Å². The molecule has 5 aromatic rings. The summed E-state index contributed by atoms with van der Waals surface area (Å²) in [5.74, 6) is 0. The van der Waals surface area contributed by atoms with Crippen LogP contribution in [0.4, 0.5) is 5.69 Å². The summed E-state index contributed by atoms with van der Waals surface area (Å²) in [7, 11) is 0. The van der Waals surface area contributed by atoms with Crippen molar-refractivity contribution in [1.82, 2.24) is 14.5 Å². The van der Waals surface area contributed by atoms with Crippen molar-refractivity contribution in [2.75, 3.05) is 0 Å². The zero-order valence-corrected chi connectivity index (χ0v) is 14.7. The smallest absolute Gasteiger partial charge is 0.277 e. The largest absolute Gasteiger partial charge is 0.306 e. The summed E-state index contributed by atoms with van der Waals surface area (Å²) in [5, 5.41) is 11.5. The standard InChI is InChI=1S/C22H14N4O2/c27-26(28)18-10-5-4-9-17(18)15-13-20-22(24-14-15)21-19(11-6-12-23-21)25(20)16-7-2-1-3-8-16/h1-14H. The van der Waals surface area contributed by atoms with E-state index in [1.807, 2.05) is 48.5 Å². The van der Waals surface area contributed by atoms with Gasteiger partial charge in [-0.15, -0.1) is 0 Å². The highest BCUT2D eigenvalue weighted by Gasteiger charge is 2.18. The van der Waals surface area contributed by atoms with E-state index in [4.69, 9.17) is 0 Å². The van der Waals surface area contributed by atoms with Crippen molar-refractivity contribution < 1.29 is 4.92 Å². The number of nitro benzene ring substituents is 1. The lowest BCUT2D eigenvalue weighted by Gasteiger charge is -2.08. The van der Waals surface area contributed by atoms with Gasteiger partial charge in [-0.1, -0.05) is 30.3 Å². The number of nitro groups is 1. The first-order valence-corrected chi connectivity index (χ1v) is 8.78. The number of hydrogen-bond donors (Lipinski definition) is 0. The Balaban J connectivity index is 1.86. The third kappa shape index (κ3) is 2.43. The molecule has 0 spiro atoms. The van der Waals surface area contributed by atoms with Crippen LogP contribution in [0.25, 0.3) is 38.9 Å². The molecule has 0 fully saturated rings. The fourth-order valence-electron chi connectivity index (χ4n) is 3.58. The summed E-state index contributed by atoms with van der Waals surface area (Å²) in [6.45, 7) is 0. The molecule has 134 valence electrons. The van der Waals surface area contributed by atoms with Gasteiger partial charge < -0.3 is 4.57 Å². The Hall–Kier alpha value is -4.06. The highest BCUT2D eigenvalue weighted by molar-refractivity contribution is 6.05. The van der Waals surface area contributed by atoms with Gasteiger partial charge in [-0.25, -0.2) is 0 Å². The molecule has 3 aromatic heterocycles. The third-order valence-electron chi connectivity index (χ3n) is 4.79. The number of fused-ring (bicyclic) bond motifs is 3. The zero-order chi connectivity index (χ0) is 19.1. The lowest BCUT2D eigenvalue weighted by Crippen LogP contribution is -1.95. The summed E-state index contributed by atoms with van der Waals surface area (Å²) in [6.07, 6.45) is 3.42. The van der Waals surface area contributed by atoms with Gasteiger partial charge in [-0.3, -0.25) is 20.1 Å². The van der Waals surface area contributed by atoms with Gasteiger partial charge in [0, 0.05) is 29.7 Å². The monoisotopic (exact) mass is 366 g/mol. The first kappa shape index (κ1) is 16.1. The van der Waals surface area contributed by atoms with Crippen LogP contribution in [0.2, 0.25) is 0 Å². The van der Waals surface area contributed by atoms with Crippen LogP contribution >= 0.6 is 0 Å². The van der Waals surface area contributed by atoms with Gasteiger partial charge in [-0.05, 0) is 36.4 Å². The average molecular weight is 366 g/mol. The topological polar surface area (TPSA) is 73.8 Å². The van der Waals surface area contributed by atoms with Gasteiger partial charge in [0.05, 0.1) is 21.5 Å². The van der Waals surface area contributed by atoms with Crippen LogP contribution in [0.3, 0.4) is 0 Å². The third-order valence-corrected chi connectivity index (χ3v) is 4.79. The highest BCUT2D eigenvalue weighted by Crippen LogP contribution is 2.34. The molecule has 0 unspecified atom stereocenters. The molecule has 0 amide bonds. The molecule has 0 saturated heterocycles. The number of benzene rings is 2. The number of pyridine rings is 2. The first-order valence-electron chi connectivity index (χ1n) is 8.78. The van der Waals surface area contributed by atoms with Gasteiger partial charge in [0.1, 0.15) is 11.0 Å². The normalized spacial score (nSPS) is 11.1. The van der Waals surface area contributed by atoms with E-state index in [0.29, 0.717) is 11.1 Å². The number of para-hydroxylation sites is 2. The van der Waals surface area contributed by atoms with Crippen LogP contribution in [-0.2, 0) is 0 Å². The van der Waals surface area contributed by atoms with Crippen LogP contribution in [0.5, 0.6) is 0 Å². The number of hydrogen-bond acceptors (Lipinski definition) is 4. The van der Waals surface area contributed by atoms with Gasteiger partial charge in [0.25, 0.3) is 5.69 Å². The van der Waals surface area contributed by atoms with Crippen LogP contribution in [0, 0.1) is 10.1 Å². The predicted octanol–water partition coefficient (Wildman–Crippen LogP) is 5.15. The second-order valence-electron chi connectivity index (χ2n) is 6.41. The second kappa shape index (κ2) is 6.28. The molecule has 0 aliphatic rings. The molecule has 0 saturated carbocycles. The fraction of sp³-hybridized carbons (Fsp3) is 0. The van der Waals surface area contributed by atoms with Gasteiger partial charge in [0.15, 0.2) is 0 Å². The summed E-state index contributed by atoms with van der Waals surface area (Å²) in [4.78, 5) is 20.2. The fourth-order valence-corrected chi connectivity index (χ4v) is 3.58. The molecule has 2 aromatic carbocycles. The first-order chi connectivity index (χ1) is 13.7. The van der Waals surface area contributed by atoms with Crippen LogP contribution in [0.15, 0.2) is 85.2 Å². The summed E-state index contributed by atoms with van der Waals surface area (Å²) in [6, 6.07) is 22.5. The minimum Gasteiger partial charge on any atom is -0.306 e. The van der Waals surface area contributed by atoms with Crippen molar-refractivity contribution in [3.8, 4) is 16.8 Å². The number of rotatable bonds is 3. The van der Waals surface area contributed by atoms with E-state index in [1.54, 1.807) is 30.6 Å². The molecule has 0 N–H and O–H groups in total. The van der Waals surface area contributed by atoms with E-state index in [1.165, 1.54) is 6.07 Å². The number of aromatic nitrogens is 3. The molecule has 0 atom stereocenters. The Kier molecular flexibility index (Phi) is 3.62. The van der Waals surface area contributed by atoms with Crippen molar-refractivity contribution in [2.24, 2.45) is 0 Å². The van der Waals surface area contributed by atoms with Crippen LogP contribution < -0.4 is 0 Å². The quantitative estimate of drug-likeness (QED) is 0.327. The summed E-state index contributed by atoms with van der Waals surface area (Å²) < 4.78 is 2.09. The lowest BCUT2D eigenvalue weighted by atomic mass is 10.1. The van der Waals surface area contributed by atoms with Crippen LogP contribution in [-0.4, -0.2) is 19.5 Å². The highest BCUT2D eigenvalue weighted by atomic mass is 16.6. The molecule has 0 radical (unpaired) electrons. The van der Waals surface area contributed by atoms with E-state index in [2.05, 4.69) is 14.5 Å². The summed E-state index contributed by atoms with van der Waals surface area (Å²) in [5.41, 5.74) is 5.64. The molecule has 6 nitrogen and oxygen atoms in total. The predicted molar refractivity (Wildman–Crippen MR) is 108 cm³/mol. The zero-order valence-electron chi connectivity index (χ0n) is 14.7. The summed E-state index contributed by atoms with van der Waals surface area (Å²) >= 11 is 0. The molecule has 3 heterocycles. The van der Waals surface area contributed by atoms with Crippen molar-refractivity contribution in [1.29, 1.82) is 0 Å². The Morgan fingerprint density at radius 1 is 0.821 bits per heavy atom. The van der Waals surface area contributed by atoms with Gasteiger partial charge in [-0.2, -0.15) is 0 Å². The maximum Gasteiger partial charge on any atom is 0.277 e. The van der Waals surface area contributed by atoms with E-state index in [9.17, 15) is 10.1 Å². The maximum absolute atomic E-state index is 11.5. The minimum absolute atomic E-state index is 0.0594. The molecule has 6 heteroatoms. The average Bonchev–Trinajstić information content (AvgIpc) is 3.08. The Morgan fingerprint density at radius 3 is 2.39 bits per heavy atom. The molecule has 0 aliphatic heterocycles. The van der Waals surface area contributed by atoms with Gasteiger partial charge >= 0.3 is 0 Å². The van der Waals surface area contributed by atoms with Crippen molar-refractivity contribution >= 4 is 27.8 Å². The minimum atomic E-state index is -0.367. The lowest BCUT2D eigenvalue weighted by molar-refractivity contribution is -0.384. The molecular weight excluding hydrogens is 352 g/mol. The Labute approximate surface area is 159 Å². The second-order valence-corrected chi connectivity index (χ2v) is 6.41. The molecule has 0 aliphatic carbocycles. The Morgan fingerprint density at radius 2 is 1.57 bits per heavy atom. The van der Waals surface area contributed by atoms with E-state index in [0.717, 1.165) is 27.8 Å². The molecule has 5 rings (SSSR count). The SMILES string of the molecule is O=[N+]([O-])c1ccccc1-c1cnc2c3ncccc3n(-c3ccccc3)c2c1. The Bertz CT molecular complexity index is 1340. The van der Waals surface area contributed by atoms with E-state index in [-0.39, 0.29) is 10.6 Å². The van der Waals surface area contributed by atoms with E-state index >= 15 is 0 Å². The van der Waals surface area contributed by atoms with Crippen molar-refractivity contribution in [3.63, 3.8) is 0 Å². The molecular formula is C22H14N4O2. The van der Waals surface area contributed by atoms with Crippen molar-refractivity contribution in [3.05, 3.63) is 95.3 Å². The number of nitrogens with zero attached hydrogens (tertiary/aromatic N) is 4. The molecule has 28 heavy (non-hydrogen) atoms. The van der Waals surface area contributed by atoms with E-state index < -0.39 is 0 Å².